The van der Waals surface area contributed by atoms with Crippen LogP contribution in [0.15, 0.2) is 24.3 Å². The van der Waals surface area contributed by atoms with Crippen LogP contribution in [0.4, 0.5) is 0 Å². The first-order valence-corrected chi connectivity index (χ1v) is 7.09. The lowest BCUT2D eigenvalue weighted by Gasteiger charge is -2.15. The smallest absolute Gasteiger partial charge is 0.223 e. The molecule has 0 saturated carbocycles. The third-order valence-corrected chi connectivity index (χ3v) is 4.14. The van der Waals surface area contributed by atoms with Gasteiger partial charge in [-0.25, -0.2) is 0 Å². The molecule has 1 aliphatic carbocycles. The number of fused-ring (bicyclic) bond motifs is 1. The minimum absolute atomic E-state index is 0.150. The predicted octanol–water partition coefficient (Wildman–Crippen LogP) is 2.95. The predicted molar refractivity (Wildman–Crippen MR) is 74.4 cm³/mol. The lowest BCUT2D eigenvalue weighted by molar-refractivity contribution is -0.124. The summed E-state index contributed by atoms with van der Waals surface area (Å²) in [7, 11) is 0. The highest BCUT2D eigenvalue weighted by Crippen LogP contribution is 2.26. The summed E-state index contributed by atoms with van der Waals surface area (Å²) < 4.78 is 0. The third kappa shape index (κ3) is 2.92. The van der Waals surface area contributed by atoms with Gasteiger partial charge in [0, 0.05) is 12.5 Å². The molecule has 0 aliphatic heterocycles. The van der Waals surface area contributed by atoms with E-state index in [4.69, 9.17) is 0 Å². The second kappa shape index (κ2) is 6.03. The van der Waals surface area contributed by atoms with E-state index in [0.717, 1.165) is 32.2 Å². The van der Waals surface area contributed by atoms with Gasteiger partial charge in [0.2, 0.25) is 5.91 Å². The van der Waals surface area contributed by atoms with Gasteiger partial charge in [0.05, 0.1) is 0 Å². The van der Waals surface area contributed by atoms with Gasteiger partial charge in [-0.3, -0.25) is 4.79 Å². The van der Waals surface area contributed by atoms with Gasteiger partial charge in [-0.05, 0) is 29.9 Å². The molecule has 98 valence electrons. The topological polar surface area (TPSA) is 29.1 Å². The Balaban J connectivity index is 1.86. The molecule has 1 aliphatic rings. The van der Waals surface area contributed by atoms with Crippen LogP contribution in [0.5, 0.6) is 0 Å². The van der Waals surface area contributed by atoms with E-state index in [1.54, 1.807) is 0 Å². The highest BCUT2D eigenvalue weighted by Gasteiger charge is 2.26. The van der Waals surface area contributed by atoms with Crippen molar-refractivity contribution in [3.8, 4) is 0 Å². The van der Waals surface area contributed by atoms with Crippen molar-refractivity contribution in [1.29, 1.82) is 0 Å². The van der Waals surface area contributed by atoms with E-state index in [1.807, 2.05) is 0 Å². The van der Waals surface area contributed by atoms with Crippen LogP contribution < -0.4 is 5.32 Å². The second-order valence-electron chi connectivity index (χ2n) is 5.30. The Morgan fingerprint density at radius 2 is 1.78 bits per heavy atom. The molecular formula is C16H23NO. The second-order valence-corrected chi connectivity index (χ2v) is 5.30. The standard InChI is InChI=1S/C16H23NO/c1-3-12(4-2)11-17-16(18)15-9-13-7-5-6-8-14(13)10-15/h5-8,12,15H,3-4,9-11H2,1-2H3,(H,17,18). The summed E-state index contributed by atoms with van der Waals surface area (Å²) in [5, 5.41) is 3.12. The van der Waals surface area contributed by atoms with Crippen LogP contribution in [0.2, 0.25) is 0 Å². The van der Waals surface area contributed by atoms with Gasteiger partial charge in [0.1, 0.15) is 0 Å². The van der Waals surface area contributed by atoms with Gasteiger partial charge in [-0.1, -0.05) is 51.0 Å². The lowest BCUT2D eigenvalue weighted by atomic mass is 10.0. The van der Waals surface area contributed by atoms with E-state index >= 15 is 0 Å². The molecule has 0 saturated heterocycles. The molecule has 2 nitrogen and oxygen atoms in total. The van der Waals surface area contributed by atoms with E-state index in [2.05, 4.69) is 43.4 Å². The molecule has 0 fully saturated rings. The molecule has 2 rings (SSSR count). The Hall–Kier alpha value is -1.31. The fourth-order valence-electron chi connectivity index (χ4n) is 2.71. The molecule has 0 spiro atoms. The fourth-order valence-corrected chi connectivity index (χ4v) is 2.71. The number of rotatable bonds is 5. The number of nitrogens with one attached hydrogen (secondary N) is 1. The minimum atomic E-state index is 0.150. The molecule has 0 unspecified atom stereocenters. The van der Waals surface area contributed by atoms with Gasteiger partial charge >= 0.3 is 0 Å². The van der Waals surface area contributed by atoms with E-state index in [9.17, 15) is 4.79 Å². The van der Waals surface area contributed by atoms with E-state index < -0.39 is 0 Å². The van der Waals surface area contributed by atoms with Crippen LogP contribution in [0.1, 0.15) is 37.8 Å². The Kier molecular flexibility index (Phi) is 4.40. The number of amides is 1. The zero-order chi connectivity index (χ0) is 13.0. The maximum atomic E-state index is 12.1. The Labute approximate surface area is 110 Å². The molecule has 0 radical (unpaired) electrons. The number of hydrogen-bond donors (Lipinski definition) is 1. The molecule has 0 aromatic heterocycles. The third-order valence-electron chi connectivity index (χ3n) is 4.14. The normalized spacial score (nSPS) is 14.8. The summed E-state index contributed by atoms with van der Waals surface area (Å²) in [6, 6.07) is 8.40. The van der Waals surface area contributed by atoms with E-state index in [-0.39, 0.29) is 11.8 Å². The summed E-state index contributed by atoms with van der Waals surface area (Å²) in [5.41, 5.74) is 2.69. The highest BCUT2D eigenvalue weighted by molar-refractivity contribution is 5.80. The first-order chi connectivity index (χ1) is 8.74. The summed E-state index contributed by atoms with van der Waals surface area (Å²) in [5.74, 6) is 1.01. The SMILES string of the molecule is CCC(CC)CNC(=O)C1Cc2ccccc2C1. The molecular weight excluding hydrogens is 222 g/mol. The van der Waals surface area contributed by atoms with Crippen molar-refractivity contribution >= 4 is 5.91 Å². The summed E-state index contributed by atoms with van der Waals surface area (Å²) in [4.78, 5) is 12.1. The lowest BCUT2D eigenvalue weighted by Crippen LogP contribution is -2.34. The van der Waals surface area contributed by atoms with Crippen molar-refractivity contribution < 1.29 is 4.79 Å². The molecule has 18 heavy (non-hydrogen) atoms. The minimum Gasteiger partial charge on any atom is -0.356 e. The zero-order valence-electron chi connectivity index (χ0n) is 11.4. The van der Waals surface area contributed by atoms with Crippen LogP contribution in [-0.4, -0.2) is 12.5 Å². The molecule has 1 amide bonds. The van der Waals surface area contributed by atoms with Crippen LogP contribution >= 0.6 is 0 Å². The summed E-state index contributed by atoms with van der Waals surface area (Å²) in [6.45, 7) is 5.20. The first kappa shape index (κ1) is 13.1. The van der Waals surface area contributed by atoms with Crippen molar-refractivity contribution in [3.63, 3.8) is 0 Å². The monoisotopic (exact) mass is 245 g/mol. The molecule has 1 N–H and O–H groups in total. The number of carbonyl (C=O) groups excluding carboxylic acids is 1. The maximum Gasteiger partial charge on any atom is 0.223 e. The van der Waals surface area contributed by atoms with E-state index in [0.29, 0.717) is 5.92 Å². The average molecular weight is 245 g/mol. The van der Waals surface area contributed by atoms with Crippen LogP contribution in [0, 0.1) is 11.8 Å². The van der Waals surface area contributed by atoms with Crippen molar-refractivity contribution in [1.82, 2.24) is 5.32 Å². The van der Waals surface area contributed by atoms with Gasteiger partial charge in [0.25, 0.3) is 0 Å². The number of benzene rings is 1. The maximum absolute atomic E-state index is 12.1. The van der Waals surface area contributed by atoms with Crippen LogP contribution in [0.3, 0.4) is 0 Å². The molecule has 1 aromatic carbocycles. The summed E-state index contributed by atoms with van der Waals surface area (Å²) >= 11 is 0. The van der Waals surface area contributed by atoms with Gasteiger partial charge in [-0.15, -0.1) is 0 Å². The van der Waals surface area contributed by atoms with Crippen molar-refractivity contribution in [3.05, 3.63) is 35.4 Å². The van der Waals surface area contributed by atoms with Gasteiger partial charge in [-0.2, -0.15) is 0 Å². The summed E-state index contributed by atoms with van der Waals surface area (Å²) in [6.07, 6.45) is 4.10. The average Bonchev–Trinajstić information content (AvgIpc) is 2.83. The van der Waals surface area contributed by atoms with Crippen molar-refractivity contribution in [2.75, 3.05) is 6.54 Å². The quantitative estimate of drug-likeness (QED) is 0.849. The Morgan fingerprint density at radius 3 is 2.28 bits per heavy atom. The highest BCUT2D eigenvalue weighted by atomic mass is 16.1. The first-order valence-electron chi connectivity index (χ1n) is 7.09. The van der Waals surface area contributed by atoms with Gasteiger partial charge in [0.15, 0.2) is 0 Å². The Morgan fingerprint density at radius 1 is 1.22 bits per heavy atom. The fraction of sp³-hybridized carbons (Fsp3) is 0.562. The molecule has 0 atom stereocenters. The number of carbonyl (C=O) groups is 1. The Bertz CT molecular complexity index is 384. The number of hydrogen-bond acceptors (Lipinski definition) is 1. The molecule has 0 bridgehead atoms. The molecule has 1 aromatic rings. The van der Waals surface area contributed by atoms with E-state index in [1.165, 1.54) is 11.1 Å². The van der Waals surface area contributed by atoms with Crippen molar-refractivity contribution in [2.45, 2.75) is 39.5 Å². The molecule has 0 heterocycles. The largest absolute Gasteiger partial charge is 0.356 e. The van der Waals surface area contributed by atoms with Crippen molar-refractivity contribution in [2.24, 2.45) is 11.8 Å². The van der Waals surface area contributed by atoms with Gasteiger partial charge < -0.3 is 5.32 Å². The van der Waals surface area contributed by atoms with Crippen LogP contribution in [-0.2, 0) is 17.6 Å². The van der Waals surface area contributed by atoms with Crippen LogP contribution in [0.25, 0.3) is 0 Å². The molecule has 2 heteroatoms. The zero-order valence-corrected chi connectivity index (χ0v) is 11.4.